The van der Waals surface area contributed by atoms with Crippen LogP contribution in [0.15, 0.2) is 23.0 Å². The van der Waals surface area contributed by atoms with Gasteiger partial charge in [-0.2, -0.15) is 0 Å². The lowest BCUT2D eigenvalue weighted by molar-refractivity contribution is 0.0692. The molecule has 2 rings (SSSR count). The fourth-order valence-electron chi connectivity index (χ4n) is 1.45. The molecule has 0 saturated heterocycles. The van der Waals surface area contributed by atoms with Crippen LogP contribution < -0.4 is 5.56 Å². The number of pyridine rings is 1. The zero-order chi connectivity index (χ0) is 11.9. The van der Waals surface area contributed by atoms with Crippen molar-refractivity contribution in [1.82, 2.24) is 4.98 Å². The molecular weight excluding hydrogens is 234 g/mol. The van der Waals surface area contributed by atoms with E-state index in [1.54, 1.807) is 0 Å². The molecular formula is C10H6ClNO4. The van der Waals surface area contributed by atoms with E-state index in [2.05, 4.69) is 4.98 Å². The molecule has 0 aliphatic rings. The van der Waals surface area contributed by atoms with Gasteiger partial charge in [-0.1, -0.05) is 11.6 Å². The van der Waals surface area contributed by atoms with Crippen LogP contribution in [0.5, 0.6) is 5.75 Å². The third-order valence-electron chi connectivity index (χ3n) is 2.16. The molecule has 0 atom stereocenters. The van der Waals surface area contributed by atoms with Crippen LogP contribution in [-0.4, -0.2) is 21.2 Å². The summed E-state index contributed by atoms with van der Waals surface area (Å²) in [6.45, 7) is 0. The highest BCUT2D eigenvalue weighted by Crippen LogP contribution is 2.26. The molecule has 0 saturated carbocycles. The smallest absolute Gasteiger partial charge is 0.345 e. The largest absolute Gasteiger partial charge is 0.506 e. The number of aromatic amines is 1. The van der Waals surface area contributed by atoms with E-state index in [0.717, 1.165) is 0 Å². The van der Waals surface area contributed by atoms with Crippen molar-refractivity contribution in [2.24, 2.45) is 0 Å². The van der Waals surface area contributed by atoms with Gasteiger partial charge in [-0.05, 0) is 18.2 Å². The Morgan fingerprint density at radius 2 is 2.06 bits per heavy atom. The SMILES string of the molecule is O=C(O)c1c(O)c2ccc(Cl)cc2[nH]c1=O. The Balaban J connectivity index is 2.94. The number of carbonyl (C=O) groups is 1. The number of rotatable bonds is 1. The molecule has 0 unspecified atom stereocenters. The summed E-state index contributed by atoms with van der Waals surface area (Å²) < 4.78 is 0. The molecule has 0 radical (unpaired) electrons. The number of benzene rings is 1. The Hall–Kier alpha value is -2.01. The second-order valence-corrected chi connectivity index (χ2v) is 3.61. The fourth-order valence-corrected chi connectivity index (χ4v) is 1.62. The van der Waals surface area contributed by atoms with Gasteiger partial charge in [-0.3, -0.25) is 4.79 Å². The lowest BCUT2D eigenvalue weighted by atomic mass is 10.1. The molecule has 0 aliphatic heterocycles. The minimum absolute atomic E-state index is 0.237. The third kappa shape index (κ3) is 1.51. The minimum atomic E-state index is -1.48. The number of aromatic hydroxyl groups is 1. The van der Waals surface area contributed by atoms with E-state index in [0.29, 0.717) is 10.5 Å². The summed E-state index contributed by atoms with van der Waals surface area (Å²) in [6.07, 6.45) is 0. The first-order valence-electron chi connectivity index (χ1n) is 4.28. The number of fused-ring (bicyclic) bond motifs is 1. The molecule has 1 aromatic heterocycles. The van der Waals surface area contributed by atoms with Crippen molar-refractivity contribution in [3.63, 3.8) is 0 Å². The lowest BCUT2D eigenvalue weighted by Gasteiger charge is -2.04. The molecule has 0 aliphatic carbocycles. The van der Waals surface area contributed by atoms with Crippen molar-refractivity contribution < 1.29 is 15.0 Å². The molecule has 5 nitrogen and oxygen atoms in total. The van der Waals surface area contributed by atoms with Gasteiger partial charge in [0, 0.05) is 10.4 Å². The first-order valence-corrected chi connectivity index (χ1v) is 4.66. The van der Waals surface area contributed by atoms with Gasteiger partial charge in [0.25, 0.3) is 5.56 Å². The van der Waals surface area contributed by atoms with Crippen LogP contribution in [0.4, 0.5) is 0 Å². The number of hydrogen-bond donors (Lipinski definition) is 3. The summed E-state index contributed by atoms with van der Waals surface area (Å²) in [6, 6.07) is 4.37. The zero-order valence-electron chi connectivity index (χ0n) is 7.82. The summed E-state index contributed by atoms with van der Waals surface area (Å²) in [4.78, 5) is 24.5. The summed E-state index contributed by atoms with van der Waals surface area (Å²) in [7, 11) is 0. The van der Waals surface area contributed by atoms with E-state index in [1.165, 1.54) is 18.2 Å². The van der Waals surface area contributed by atoms with E-state index in [1.807, 2.05) is 0 Å². The summed E-state index contributed by atoms with van der Waals surface area (Å²) in [5.74, 6) is -2.03. The molecule has 3 N–H and O–H groups in total. The van der Waals surface area contributed by atoms with Gasteiger partial charge in [0.1, 0.15) is 5.75 Å². The van der Waals surface area contributed by atoms with Crippen LogP contribution in [0, 0.1) is 0 Å². The maximum Gasteiger partial charge on any atom is 0.345 e. The molecule has 0 fully saturated rings. The topological polar surface area (TPSA) is 90.4 Å². The molecule has 0 amide bonds. The van der Waals surface area contributed by atoms with E-state index in [4.69, 9.17) is 16.7 Å². The van der Waals surface area contributed by atoms with Crippen LogP contribution in [0.25, 0.3) is 10.9 Å². The molecule has 1 heterocycles. The van der Waals surface area contributed by atoms with Gasteiger partial charge < -0.3 is 15.2 Å². The van der Waals surface area contributed by atoms with Gasteiger partial charge in [-0.15, -0.1) is 0 Å². The van der Waals surface area contributed by atoms with Gasteiger partial charge in [0.2, 0.25) is 0 Å². The number of aromatic carboxylic acids is 1. The average molecular weight is 240 g/mol. The van der Waals surface area contributed by atoms with Crippen molar-refractivity contribution in [2.75, 3.05) is 0 Å². The number of aromatic nitrogens is 1. The third-order valence-corrected chi connectivity index (χ3v) is 2.40. The summed E-state index contributed by atoms with van der Waals surface area (Å²) >= 11 is 5.71. The quantitative estimate of drug-likeness (QED) is 0.705. The molecule has 0 spiro atoms. The van der Waals surface area contributed by atoms with Gasteiger partial charge in [0.05, 0.1) is 5.52 Å². The van der Waals surface area contributed by atoms with Crippen LogP contribution in [0.3, 0.4) is 0 Å². The molecule has 0 bridgehead atoms. The Kier molecular flexibility index (Phi) is 2.32. The first-order chi connectivity index (χ1) is 7.50. The Morgan fingerprint density at radius 1 is 1.38 bits per heavy atom. The van der Waals surface area contributed by atoms with E-state index in [-0.39, 0.29) is 5.39 Å². The predicted octanol–water partition coefficient (Wildman–Crippen LogP) is 1.59. The molecule has 16 heavy (non-hydrogen) atoms. The van der Waals surface area contributed by atoms with Crippen molar-refractivity contribution in [3.8, 4) is 5.75 Å². The Bertz CT molecular complexity index is 647. The van der Waals surface area contributed by atoms with Gasteiger partial charge in [-0.25, -0.2) is 4.79 Å². The highest BCUT2D eigenvalue weighted by molar-refractivity contribution is 6.31. The number of H-pyrrole nitrogens is 1. The van der Waals surface area contributed by atoms with Crippen molar-refractivity contribution in [3.05, 3.63) is 39.1 Å². The Labute approximate surface area is 93.9 Å². The molecule has 1 aromatic carbocycles. The molecule has 2 aromatic rings. The lowest BCUT2D eigenvalue weighted by Crippen LogP contribution is -2.17. The maximum atomic E-state index is 11.4. The van der Waals surface area contributed by atoms with Gasteiger partial charge >= 0.3 is 5.97 Å². The highest BCUT2D eigenvalue weighted by atomic mass is 35.5. The normalized spacial score (nSPS) is 10.6. The predicted molar refractivity (Wildman–Crippen MR) is 58.2 cm³/mol. The number of hydrogen-bond acceptors (Lipinski definition) is 3. The van der Waals surface area contributed by atoms with Crippen LogP contribution >= 0.6 is 11.6 Å². The second kappa shape index (κ2) is 3.53. The number of nitrogens with one attached hydrogen (secondary N) is 1. The van der Waals surface area contributed by atoms with E-state index in [9.17, 15) is 14.7 Å². The molecule has 6 heteroatoms. The number of carboxylic acids is 1. The number of carboxylic acid groups (broad SMARTS) is 1. The van der Waals surface area contributed by atoms with E-state index >= 15 is 0 Å². The van der Waals surface area contributed by atoms with Crippen molar-refractivity contribution >= 4 is 28.5 Å². The first kappa shape index (κ1) is 10.5. The maximum absolute atomic E-state index is 11.4. The zero-order valence-corrected chi connectivity index (χ0v) is 8.58. The fraction of sp³-hybridized carbons (Fsp3) is 0. The second-order valence-electron chi connectivity index (χ2n) is 3.17. The van der Waals surface area contributed by atoms with Crippen molar-refractivity contribution in [2.45, 2.75) is 0 Å². The van der Waals surface area contributed by atoms with Crippen molar-refractivity contribution in [1.29, 1.82) is 0 Å². The van der Waals surface area contributed by atoms with Crippen LogP contribution in [0.2, 0.25) is 5.02 Å². The number of halogens is 1. The summed E-state index contributed by atoms with van der Waals surface area (Å²) in [5, 5.41) is 19.0. The summed E-state index contributed by atoms with van der Waals surface area (Å²) in [5.41, 5.74) is -1.24. The standard InChI is InChI=1S/C10H6ClNO4/c11-4-1-2-5-6(3-4)12-9(14)7(8(5)13)10(15)16/h1-3H,(H,15,16)(H2,12,13,14). The highest BCUT2D eigenvalue weighted by Gasteiger charge is 2.17. The average Bonchev–Trinajstić information content (AvgIpc) is 2.15. The van der Waals surface area contributed by atoms with E-state index < -0.39 is 22.8 Å². The van der Waals surface area contributed by atoms with Crippen LogP contribution in [0.1, 0.15) is 10.4 Å². The minimum Gasteiger partial charge on any atom is -0.506 e. The van der Waals surface area contributed by atoms with Crippen LogP contribution in [-0.2, 0) is 0 Å². The Morgan fingerprint density at radius 3 is 2.69 bits per heavy atom. The van der Waals surface area contributed by atoms with Gasteiger partial charge in [0.15, 0.2) is 5.56 Å². The molecule has 82 valence electrons. The monoisotopic (exact) mass is 239 g/mol.